The van der Waals surface area contributed by atoms with E-state index in [-0.39, 0.29) is 18.1 Å². The predicted octanol–water partition coefficient (Wildman–Crippen LogP) is 0.907. The molecule has 1 saturated heterocycles. The van der Waals surface area contributed by atoms with Crippen molar-refractivity contribution in [2.45, 2.75) is 12.8 Å². The summed E-state index contributed by atoms with van der Waals surface area (Å²) in [6.07, 6.45) is 2.64. The van der Waals surface area contributed by atoms with E-state index in [1.54, 1.807) is 37.3 Å². The fraction of sp³-hybridized carbons (Fsp3) is 0.250. The van der Waals surface area contributed by atoms with Crippen molar-refractivity contribution in [1.82, 2.24) is 4.90 Å². The van der Waals surface area contributed by atoms with E-state index in [1.807, 2.05) is 6.07 Å². The summed E-state index contributed by atoms with van der Waals surface area (Å²) in [6.45, 7) is 1.71. The third-order valence-electron chi connectivity index (χ3n) is 3.22. The molecule has 1 heterocycles. The quantitative estimate of drug-likeness (QED) is 0.433. The number of allylic oxidation sites excluding steroid dienone is 2. The lowest BCUT2D eigenvalue weighted by Gasteiger charge is -2.25. The summed E-state index contributed by atoms with van der Waals surface area (Å²) in [6, 6.07) is 10.6. The van der Waals surface area contributed by atoms with Crippen molar-refractivity contribution < 1.29 is 19.7 Å². The molecule has 0 bridgehead atoms. The monoisotopic (exact) mass is 315 g/mol. The molecular weight excluding hydrogens is 298 g/mol. The Morgan fingerprint density at radius 1 is 1.48 bits per heavy atom. The minimum Gasteiger partial charge on any atom is -0.471 e. The van der Waals surface area contributed by atoms with Gasteiger partial charge >= 0.3 is 0 Å². The number of likely N-dealkylation sites (N-methyl/N-ethyl adjacent to an activating group) is 1. The molecule has 7 heteroatoms. The number of amides is 1. The van der Waals surface area contributed by atoms with Crippen LogP contribution in [-0.4, -0.2) is 40.1 Å². The molecule has 0 unspecified atom stereocenters. The van der Waals surface area contributed by atoms with Crippen molar-refractivity contribution in [3.05, 3.63) is 53.9 Å². The van der Waals surface area contributed by atoms with Crippen LogP contribution in [0.1, 0.15) is 6.92 Å². The van der Waals surface area contributed by atoms with E-state index < -0.39 is 11.8 Å². The third kappa shape index (κ3) is 3.88. The summed E-state index contributed by atoms with van der Waals surface area (Å²) >= 11 is 0. The van der Waals surface area contributed by atoms with Crippen LogP contribution < -0.4 is 5.32 Å². The van der Waals surface area contributed by atoms with E-state index in [0.29, 0.717) is 12.2 Å². The van der Waals surface area contributed by atoms with E-state index in [0.717, 1.165) is 0 Å². The number of aliphatic hydroxyl groups is 2. The van der Waals surface area contributed by atoms with Crippen LogP contribution in [-0.2, 0) is 9.53 Å². The van der Waals surface area contributed by atoms with Crippen LogP contribution in [0.15, 0.2) is 53.9 Å². The van der Waals surface area contributed by atoms with Crippen molar-refractivity contribution in [2.24, 2.45) is 0 Å². The van der Waals surface area contributed by atoms with Crippen molar-refractivity contribution in [3.8, 4) is 6.07 Å². The zero-order chi connectivity index (χ0) is 16.9. The molecule has 1 aliphatic heterocycles. The molecule has 120 valence electrons. The molecule has 3 N–H and O–H groups in total. The summed E-state index contributed by atoms with van der Waals surface area (Å²) in [7, 11) is 0. The van der Waals surface area contributed by atoms with Gasteiger partial charge in [0, 0.05) is 12.2 Å². The van der Waals surface area contributed by atoms with Crippen LogP contribution in [0.25, 0.3) is 0 Å². The van der Waals surface area contributed by atoms with E-state index in [4.69, 9.17) is 10.00 Å². The van der Waals surface area contributed by atoms with E-state index in [2.05, 4.69) is 5.32 Å². The first-order valence-electron chi connectivity index (χ1n) is 7.01. The number of hydrogen-bond acceptors (Lipinski definition) is 6. The number of nitrogens with one attached hydrogen (secondary N) is 1. The first-order valence-corrected chi connectivity index (χ1v) is 7.01. The number of nitriles is 1. The number of carbonyl (C=O) groups excluding carboxylic acids is 1. The Labute approximate surface area is 133 Å². The molecule has 1 fully saturated rings. The second kappa shape index (κ2) is 6.96. The van der Waals surface area contributed by atoms with Gasteiger partial charge in [-0.1, -0.05) is 18.2 Å². The lowest BCUT2D eigenvalue weighted by molar-refractivity contribution is -0.232. The van der Waals surface area contributed by atoms with Gasteiger partial charge in [-0.05, 0) is 31.2 Å². The SMILES string of the molecule is CCN1/C(=C\C=C(\C#N)C(=O)Nc2ccccc2)OCC1(O)O. The second-order valence-electron chi connectivity index (χ2n) is 4.82. The molecular formula is C16H17N3O4. The molecule has 1 aliphatic rings. The van der Waals surface area contributed by atoms with Gasteiger partial charge in [0.15, 0.2) is 12.5 Å². The highest BCUT2D eigenvalue weighted by Crippen LogP contribution is 2.25. The van der Waals surface area contributed by atoms with Gasteiger partial charge in [-0.15, -0.1) is 0 Å². The number of hydrogen-bond donors (Lipinski definition) is 3. The minimum absolute atomic E-state index is 0.130. The molecule has 0 saturated carbocycles. The number of ether oxygens (including phenoxy) is 1. The number of carbonyl (C=O) groups is 1. The van der Waals surface area contributed by atoms with Gasteiger partial charge in [-0.3, -0.25) is 9.69 Å². The first kappa shape index (κ1) is 16.5. The maximum Gasteiger partial charge on any atom is 0.285 e. The molecule has 2 rings (SSSR count). The first-order chi connectivity index (χ1) is 11.0. The Morgan fingerprint density at radius 2 is 2.17 bits per heavy atom. The average molecular weight is 315 g/mol. The van der Waals surface area contributed by atoms with Crippen LogP contribution in [0.5, 0.6) is 0 Å². The highest BCUT2D eigenvalue weighted by Gasteiger charge is 2.40. The number of rotatable bonds is 4. The Balaban J connectivity index is 2.15. The van der Waals surface area contributed by atoms with Gasteiger partial charge in [0.1, 0.15) is 11.6 Å². The summed E-state index contributed by atoms with van der Waals surface area (Å²) in [4.78, 5) is 13.3. The Morgan fingerprint density at radius 3 is 2.78 bits per heavy atom. The van der Waals surface area contributed by atoms with Gasteiger partial charge < -0.3 is 20.3 Å². The molecule has 0 radical (unpaired) electrons. The molecule has 1 aromatic carbocycles. The van der Waals surface area contributed by atoms with Crippen LogP contribution >= 0.6 is 0 Å². The Kier molecular flexibility index (Phi) is 5.01. The largest absolute Gasteiger partial charge is 0.471 e. The maximum absolute atomic E-state index is 12.0. The number of para-hydroxylation sites is 1. The summed E-state index contributed by atoms with van der Waals surface area (Å²) in [5.41, 5.74) is 0.442. The predicted molar refractivity (Wildman–Crippen MR) is 82.4 cm³/mol. The molecule has 0 spiro atoms. The second-order valence-corrected chi connectivity index (χ2v) is 4.82. The van der Waals surface area contributed by atoms with Gasteiger partial charge in [-0.25, -0.2) is 0 Å². The van der Waals surface area contributed by atoms with E-state index in [9.17, 15) is 15.0 Å². The van der Waals surface area contributed by atoms with Gasteiger partial charge in [0.05, 0.1) is 0 Å². The van der Waals surface area contributed by atoms with Crippen LogP contribution in [0, 0.1) is 11.3 Å². The van der Waals surface area contributed by atoms with Gasteiger partial charge in [0.2, 0.25) is 0 Å². The van der Waals surface area contributed by atoms with Crippen molar-refractivity contribution in [1.29, 1.82) is 5.26 Å². The lowest BCUT2D eigenvalue weighted by Crippen LogP contribution is -2.44. The summed E-state index contributed by atoms with van der Waals surface area (Å²) < 4.78 is 5.17. The van der Waals surface area contributed by atoms with Crippen molar-refractivity contribution in [3.63, 3.8) is 0 Å². The summed E-state index contributed by atoms with van der Waals surface area (Å²) in [5.74, 6) is -2.47. The third-order valence-corrected chi connectivity index (χ3v) is 3.22. The van der Waals surface area contributed by atoms with E-state index >= 15 is 0 Å². The Bertz CT molecular complexity index is 674. The zero-order valence-electron chi connectivity index (χ0n) is 12.6. The molecule has 0 aromatic heterocycles. The zero-order valence-corrected chi connectivity index (χ0v) is 12.6. The standard InChI is InChI=1S/C16H17N3O4/c1-2-19-14(23-11-16(19,21)22)9-8-12(10-17)15(20)18-13-6-4-3-5-7-13/h3-9,21-22H,2,11H2,1H3,(H,18,20)/b12-8-,14-9+. The molecule has 0 atom stereocenters. The fourth-order valence-electron chi connectivity index (χ4n) is 2.09. The minimum atomic E-state index is -2.09. The average Bonchev–Trinajstić information content (AvgIpc) is 2.83. The summed E-state index contributed by atoms with van der Waals surface area (Å²) in [5, 5.41) is 31.1. The fourth-order valence-corrected chi connectivity index (χ4v) is 2.09. The van der Waals surface area contributed by atoms with Crippen molar-refractivity contribution in [2.75, 3.05) is 18.5 Å². The number of anilines is 1. The molecule has 7 nitrogen and oxygen atoms in total. The molecule has 1 amide bonds. The number of benzene rings is 1. The van der Waals surface area contributed by atoms with Crippen LogP contribution in [0.3, 0.4) is 0 Å². The normalized spacial score (nSPS) is 18.4. The van der Waals surface area contributed by atoms with Crippen molar-refractivity contribution >= 4 is 11.6 Å². The van der Waals surface area contributed by atoms with Crippen LogP contribution in [0.2, 0.25) is 0 Å². The number of nitrogens with zero attached hydrogens (tertiary/aromatic N) is 2. The lowest BCUT2D eigenvalue weighted by atomic mass is 10.2. The highest BCUT2D eigenvalue weighted by atomic mass is 16.6. The van der Waals surface area contributed by atoms with Crippen LogP contribution in [0.4, 0.5) is 5.69 Å². The van der Waals surface area contributed by atoms with E-state index in [1.165, 1.54) is 17.1 Å². The van der Waals surface area contributed by atoms with Gasteiger partial charge in [0.25, 0.3) is 11.8 Å². The van der Waals surface area contributed by atoms with Gasteiger partial charge in [-0.2, -0.15) is 5.26 Å². The Hall–Kier alpha value is -2.82. The molecule has 0 aliphatic carbocycles. The maximum atomic E-state index is 12.0. The highest BCUT2D eigenvalue weighted by molar-refractivity contribution is 6.06. The topological polar surface area (TPSA) is 106 Å². The molecule has 1 aromatic rings. The smallest absolute Gasteiger partial charge is 0.285 e. The molecule has 23 heavy (non-hydrogen) atoms.